The van der Waals surface area contributed by atoms with Crippen LogP contribution in [0.2, 0.25) is 0 Å². The maximum atomic E-state index is 11.9. The molecule has 0 saturated heterocycles. The molecule has 4 N–H and O–H groups in total. The van der Waals surface area contributed by atoms with Gasteiger partial charge in [-0.3, -0.25) is 9.79 Å². The first-order chi connectivity index (χ1) is 13.7. The Kier molecular flexibility index (Phi) is 14.9. The summed E-state index contributed by atoms with van der Waals surface area (Å²) in [5.74, 6) is 1.11. The van der Waals surface area contributed by atoms with Crippen LogP contribution in [0.4, 0.5) is 4.79 Å². The predicted octanol–water partition coefficient (Wildman–Crippen LogP) is 3.16. The van der Waals surface area contributed by atoms with E-state index in [1.807, 2.05) is 20.8 Å². The van der Waals surface area contributed by atoms with Crippen molar-refractivity contribution in [3.05, 3.63) is 0 Å². The molecule has 1 unspecified atom stereocenters. The molecule has 8 nitrogen and oxygen atoms in total. The SMILES string of the molecule is CCCCC(CNC(=O)OC(C)(C)C)NC(=NC)NCCCNC(=O)C1CCC1.I. The van der Waals surface area contributed by atoms with Crippen molar-refractivity contribution in [2.75, 3.05) is 26.7 Å². The van der Waals surface area contributed by atoms with Crippen molar-refractivity contribution in [3.8, 4) is 0 Å². The minimum absolute atomic E-state index is 0. The Balaban J connectivity index is 0.00000841. The lowest BCUT2D eigenvalue weighted by molar-refractivity contribution is -0.127. The van der Waals surface area contributed by atoms with Gasteiger partial charge in [-0.25, -0.2) is 4.79 Å². The standard InChI is InChI=1S/C21H41N5O3.HI/c1-6-7-12-17(15-25-20(28)29-21(2,3)4)26-19(22-5)24-14-9-13-23-18(27)16-10-8-11-16;/h16-17H,6-15H2,1-5H3,(H,23,27)(H,25,28)(H2,22,24,26);1H. The van der Waals surface area contributed by atoms with E-state index < -0.39 is 11.7 Å². The van der Waals surface area contributed by atoms with Crippen LogP contribution >= 0.6 is 24.0 Å². The summed E-state index contributed by atoms with van der Waals surface area (Å²) in [4.78, 5) is 28.0. The van der Waals surface area contributed by atoms with Crippen molar-refractivity contribution in [1.29, 1.82) is 0 Å². The third-order valence-electron chi connectivity index (χ3n) is 4.78. The molecule has 1 rings (SSSR count). The van der Waals surface area contributed by atoms with Crippen molar-refractivity contribution in [1.82, 2.24) is 21.3 Å². The lowest BCUT2D eigenvalue weighted by atomic mass is 9.85. The fraction of sp³-hybridized carbons (Fsp3) is 0.857. The van der Waals surface area contributed by atoms with E-state index in [-0.39, 0.29) is 41.8 Å². The molecule has 0 aromatic heterocycles. The minimum Gasteiger partial charge on any atom is -0.444 e. The first kappa shape index (κ1) is 28.7. The molecule has 1 atom stereocenters. The number of unbranched alkanes of at least 4 members (excludes halogenated alkanes) is 1. The number of rotatable bonds is 11. The number of ether oxygens (including phenoxy) is 1. The van der Waals surface area contributed by atoms with Crippen LogP contribution in [0.15, 0.2) is 4.99 Å². The van der Waals surface area contributed by atoms with Crippen LogP contribution in [0.1, 0.15) is 72.6 Å². The van der Waals surface area contributed by atoms with Gasteiger partial charge in [-0.1, -0.05) is 26.2 Å². The number of carbonyl (C=O) groups is 2. The Morgan fingerprint density at radius 3 is 2.30 bits per heavy atom. The zero-order valence-corrected chi connectivity index (χ0v) is 21.6. The number of nitrogens with one attached hydrogen (secondary N) is 4. The largest absolute Gasteiger partial charge is 0.444 e. The zero-order chi connectivity index (χ0) is 21.7. The molecule has 0 heterocycles. The Morgan fingerprint density at radius 2 is 1.77 bits per heavy atom. The summed E-state index contributed by atoms with van der Waals surface area (Å²) in [6.07, 6.45) is 6.69. The molecule has 0 aliphatic heterocycles. The number of aliphatic imine (C=N–C) groups is 1. The molecular weight excluding hydrogens is 497 g/mol. The van der Waals surface area contributed by atoms with Crippen molar-refractivity contribution in [2.24, 2.45) is 10.9 Å². The van der Waals surface area contributed by atoms with E-state index in [1.54, 1.807) is 7.05 Å². The van der Waals surface area contributed by atoms with Gasteiger partial charge in [0.2, 0.25) is 5.91 Å². The number of carbonyl (C=O) groups excluding carboxylic acids is 2. The molecule has 30 heavy (non-hydrogen) atoms. The molecule has 1 fully saturated rings. The van der Waals surface area contributed by atoms with Crippen molar-refractivity contribution < 1.29 is 14.3 Å². The monoisotopic (exact) mass is 539 g/mol. The van der Waals surface area contributed by atoms with E-state index in [1.165, 1.54) is 6.42 Å². The van der Waals surface area contributed by atoms with Gasteiger partial charge in [0.15, 0.2) is 5.96 Å². The summed E-state index contributed by atoms with van der Waals surface area (Å²) in [5, 5.41) is 12.5. The molecule has 9 heteroatoms. The topological polar surface area (TPSA) is 104 Å². The molecule has 0 spiro atoms. The summed E-state index contributed by atoms with van der Waals surface area (Å²) in [7, 11) is 1.73. The molecule has 0 aromatic rings. The molecule has 0 aromatic carbocycles. The Hall–Kier alpha value is -1.26. The first-order valence-electron chi connectivity index (χ1n) is 11.0. The van der Waals surface area contributed by atoms with Crippen molar-refractivity contribution in [3.63, 3.8) is 0 Å². The Bertz CT molecular complexity index is 533. The third-order valence-corrected chi connectivity index (χ3v) is 4.78. The van der Waals surface area contributed by atoms with Gasteiger partial charge in [-0.15, -0.1) is 24.0 Å². The van der Waals surface area contributed by atoms with Crippen LogP contribution in [0.5, 0.6) is 0 Å². The smallest absolute Gasteiger partial charge is 0.407 e. The van der Waals surface area contributed by atoms with Crippen LogP contribution in [-0.2, 0) is 9.53 Å². The molecule has 1 aliphatic carbocycles. The number of hydrogen-bond donors (Lipinski definition) is 4. The summed E-state index contributed by atoms with van der Waals surface area (Å²) in [6.45, 7) is 9.53. The van der Waals surface area contributed by atoms with Gasteiger partial charge in [-0.2, -0.15) is 0 Å². The van der Waals surface area contributed by atoms with Crippen LogP contribution < -0.4 is 21.3 Å². The molecule has 1 aliphatic rings. The number of nitrogens with zero attached hydrogens (tertiary/aromatic N) is 1. The fourth-order valence-corrected chi connectivity index (χ4v) is 2.91. The van der Waals surface area contributed by atoms with Gasteiger partial charge < -0.3 is 26.0 Å². The number of guanidine groups is 1. The third kappa shape index (κ3) is 13.1. The van der Waals surface area contributed by atoms with E-state index >= 15 is 0 Å². The van der Waals surface area contributed by atoms with Gasteiger partial charge in [0.1, 0.15) is 5.60 Å². The number of hydrogen-bond acceptors (Lipinski definition) is 4. The summed E-state index contributed by atoms with van der Waals surface area (Å²) in [6, 6.07) is 0.0620. The molecular formula is C21H42IN5O3. The second-order valence-corrected chi connectivity index (χ2v) is 8.64. The predicted molar refractivity (Wildman–Crippen MR) is 132 cm³/mol. The summed E-state index contributed by atoms with van der Waals surface area (Å²) >= 11 is 0. The van der Waals surface area contributed by atoms with Crippen LogP contribution in [0, 0.1) is 5.92 Å². The average molecular weight is 540 g/mol. The number of amides is 2. The van der Waals surface area contributed by atoms with Gasteiger partial charge >= 0.3 is 6.09 Å². The Morgan fingerprint density at radius 1 is 1.10 bits per heavy atom. The van der Waals surface area contributed by atoms with E-state index in [2.05, 4.69) is 33.2 Å². The Labute approximate surface area is 199 Å². The maximum Gasteiger partial charge on any atom is 0.407 e. The first-order valence-corrected chi connectivity index (χ1v) is 11.0. The highest BCUT2D eigenvalue weighted by Gasteiger charge is 2.24. The van der Waals surface area contributed by atoms with Gasteiger partial charge in [-0.05, 0) is 46.5 Å². The number of halogens is 1. The van der Waals surface area contributed by atoms with Crippen molar-refractivity contribution in [2.45, 2.75) is 84.3 Å². The molecule has 0 bridgehead atoms. The number of alkyl carbamates (subject to hydrolysis) is 1. The van der Waals surface area contributed by atoms with Gasteiger partial charge in [0.05, 0.1) is 0 Å². The summed E-state index contributed by atoms with van der Waals surface area (Å²) < 4.78 is 5.31. The zero-order valence-electron chi connectivity index (χ0n) is 19.3. The van der Waals surface area contributed by atoms with Crippen LogP contribution in [0.3, 0.4) is 0 Å². The highest BCUT2D eigenvalue weighted by molar-refractivity contribution is 14.0. The highest BCUT2D eigenvalue weighted by Crippen LogP contribution is 2.25. The lowest BCUT2D eigenvalue weighted by Gasteiger charge is -2.24. The van der Waals surface area contributed by atoms with E-state index in [0.717, 1.165) is 38.5 Å². The molecule has 1 saturated carbocycles. The van der Waals surface area contributed by atoms with Crippen molar-refractivity contribution >= 4 is 41.9 Å². The van der Waals surface area contributed by atoms with Gasteiger partial charge in [0, 0.05) is 38.6 Å². The van der Waals surface area contributed by atoms with Gasteiger partial charge in [0.25, 0.3) is 0 Å². The van der Waals surface area contributed by atoms with Crippen LogP contribution in [0.25, 0.3) is 0 Å². The van der Waals surface area contributed by atoms with E-state index in [9.17, 15) is 9.59 Å². The maximum absolute atomic E-state index is 11.9. The fourth-order valence-electron chi connectivity index (χ4n) is 2.91. The van der Waals surface area contributed by atoms with Crippen LogP contribution in [-0.4, -0.2) is 56.3 Å². The highest BCUT2D eigenvalue weighted by atomic mass is 127. The molecule has 176 valence electrons. The normalized spacial score (nSPS) is 15.3. The summed E-state index contributed by atoms with van der Waals surface area (Å²) in [5.41, 5.74) is -0.512. The second kappa shape index (κ2) is 15.5. The minimum atomic E-state index is -0.512. The van der Waals surface area contributed by atoms with E-state index in [0.29, 0.717) is 25.6 Å². The lowest BCUT2D eigenvalue weighted by Crippen LogP contribution is -2.49. The average Bonchev–Trinajstić information content (AvgIpc) is 2.59. The molecule has 0 radical (unpaired) electrons. The quantitative estimate of drug-likeness (QED) is 0.140. The second-order valence-electron chi connectivity index (χ2n) is 8.64. The molecule has 2 amide bonds. The van der Waals surface area contributed by atoms with E-state index in [4.69, 9.17) is 4.74 Å².